The second-order valence-electron chi connectivity index (χ2n) is 3.23. The van der Waals surface area contributed by atoms with E-state index in [0.29, 0.717) is 0 Å². The molecule has 3 nitrogen and oxygen atoms in total. The molecule has 3 heterocycles. The van der Waals surface area contributed by atoms with E-state index < -0.39 is 0 Å². The fourth-order valence-corrected chi connectivity index (χ4v) is 2.30. The first-order valence-electron chi connectivity index (χ1n) is 4.32. The number of nitrogens with one attached hydrogen (secondary N) is 1. The molecule has 0 aromatic carbocycles. The van der Waals surface area contributed by atoms with Gasteiger partial charge in [0.15, 0.2) is 0 Å². The van der Waals surface area contributed by atoms with Crippen LogP contribution in [0.1, 0.15) is 0 Å². The summed E-state index contributed by atoms with van der Waals surface area (Å²) in [6.07, 6.45) is 3.68. The molecule has 3 aromatic heterocycles. The largest absolute Gasteiger partial charge is 0.354 e. The van der Waals surface area contributed by atoms with Gasteiger partial charge in [0.05, 0.1) is 11.0 Å². The van der Waals surface area contributed by atoms with Gasteiger partial charge in [-0.1, -0.05) is 0 Å². The molecule has 0 spiro atoms. The highest BCUT2D eigenvalue weighted by Crippen LogP contribution is 2.26. The monoisotopic (exact) mass is 325 g/mol. The minimum Gasteiger partial charge on any atom is -0.354 e. The van der Waals surface area contributed by atoms with Crippen LogP contribution >= 0.6 is 31.9 Å². The number of hydrogen-bond donors (Lipinski definition) is 1. The number of pyridine rings is 2. The molecule has 0 unspecified atom stereocenters. The fourth-order valence-electron chi connectivity index (χ4n) is 1.64. The van der Waals surface area contributed by atoms with E-state index in [-0.39, 0.29) is 0 Å². The molecule has 74 valence electrons. The van der Waals surface area contributed by atoms with Crippen LogP contribution < -0.4 is 0 Å². The maximum absolute atomic E-state index is 4.21. The fraction of sp³-hybridized carbons (Fsp3) is 0. The lowest BCUT2D eigenvalue weighted by atomic mass is 10.2. The second kappa shape index (κ2) is 3.28. The van der Waals surface area contributed by atoms with Crippen molar-refractivity contribution in [3.63, 3.8) is 0 Å². The van der Waals surface area contributed by atoms with Crippen LogP contribution in [0.4, 0.5) is 0 Å². The van der Waals surface area contributed by atoms with Gasteiger partial charge in [0.2, 0.25) is 0 Å². The van der Waals surface area contributed by atoms with Crippen LogP contribution in [0, 0.1) is 0 Å². The van der Waals surface area contributed by atoms with Gasteiger partial charge in [0.1, 0.15) is 9.21 Å². The van der Waals surface area contributed by atoms with Gasteiger partial charge in [-0.2, -0.15) is 0 Å². The van der Waals surface area contributed by atoms with Crippen LogP contribution in [0.2, 0.25) is 0 Å². The van der Waals surface area contributed by atoms with Crippen molar-refractivity contribution in [3.05, 3.63) is 33.7 Å². The third-order valence-corrected chi connectivity index (χ3v) is 3.17. The highest BCUT2D eigenvalue weighted by molar-refractivity contribution is 9.10. The van der Waals surface area contributed by atoms with Crippen LogP contribution in [0.15, 0.2) is 33.7 Å². The predicted octanol–water partition coefficient (Wildman–Crippen LogP) is 3.64. The van der Waals surface area contributed by atoms with Gasteiger partial charge < -0.3 is 4.98 Å². The number of aromatic nitrogens is 3. The molecule has 0 atom stereocenters. The van der Waals surface area contributed by atoms with Gasteiger partial charge in [-0.25, -0.2) is 9.97 Å². The normalized spacial score (nSPS) is 11.3. The Labute approximate surface area is 102 Å². The third-order valence-electron chi connectivity index (χ3n) is 2.30. The zero-order valence-corrected chi connectivity index (χ0v) is 10.6. The molecule has 0 fully saturated rings. The molecule has 3 rings (SSSR count). The van der Waals surface area contributed by atoms with Crippen molar-refractivity contribution in [2.75, 3.05) is 0 Å². The van der Waals surface area contributed by atoms with Crippen molar-refractivity contribution in [1.82, 2.24) is 15.0 Å². The first-order chi connectivity index (χ1) is 7.24. The van der Waals surface area contributed by atoms with Crippen molar-refractivity contribution in [2.45, 2.75) is 0 Å². The van der Waals surface area contributed by atoms with Crippen molar-refractivity contribution < 1.29 is 0 Å². The Morgan fingerprint density at radius 1 is 0.867 bits per heavy atom. The van der Waals surface area contributed by atoms with E-state index >= 15 is 0 Å². The molecule has 0 saturated heterocycles. The maximum Gasteiger partial charge on any atom is 0.108 e. The summed E-state index contributed by atoms with van der Waals surface area (Å²) in [7, 11) is 0. The van der Waals surface area contributed by atoms with Crippen LogP contribution in [-0.4, -0.2) is 15.0 Å². The van der Waals surface area contributed by atoms with E-state index in [9.17, 15) is 0 Å². The van der Waals surface area contributed by atoms with Crippen molar-refractivity contribution in [3.8, 4) is 0 Å². The van der Waals surface area contributed by atoms with Gasteiger partial charge in [0, 0.05) is 23.2 Å². The number of halogens is 2. The summed E-state index contributed by atoms with van der Waals surface area (Å²) in [6, 6.07) is 3.92. The molecule has 5 heteroatoms. The lowest BCUT2D eigenvalue weighted by molar-refractivity contribution is 1.30. The summed E-state index contributed by atoms with van der Waals surface area (Å²) in [5.74, 6) is 0. The van der Waals surface area contributed by atoms with Crippen molar-refractivity contribution in [2.24, 2.45) is 0 Å². The summed E-state index contributed by atoms with van der Waals surface area (Å²) in [5.41, 5.74) is 2.12. The smallest absolute Gasteiger partial charge is 0.108 e. The van der Waals surface area contributed by atoms with E-state index in [1.165, 1.54) is 0 Å². The summed E-state index contributed by atoms with van der Waals surface area (Å²) in [6.45, 7) is 0. The molecule has 0 aliphatic rings. The number of nitrogens with zero attached hydrogens (tertiary/aromatic N) is 2. The maximum atomic E-state index is 4.21. The zero-order valence-electron chi connectivity index (χ0n) is 7.46. The summed E-state index contributed by atoms with van der Waals surface area (Å²) >= 11 is 6.70. The highest BCUT2D eigenvalue weighted by atomic mass is 79.9. The predicted molar refractivity (Wildman–Crippen MR) is 66.8 cm³/mol. The number of rotatable bonds is 0. The van der Waals surface area contributed by atoms with E-state index in [1.807, 2.05) is 24.5 Å². The molecule has 0 radical (unpaired) electrons. The summed E-state index contributed by atoms with van der Waals surface area (Å²) in [5, 5.41) is 2.18. The Morgan fingerprint density at radius 2 is 1.33 bits per heavy atom. The molecule has 0 saturated carbocycles. The van der Waals surface area contributed by atoms with Gasteiger partial charge >= 0.3 is 0 Å². The number of hydrogen-bond acceptors (Lipinski definition) is 2. The first-order valence-corrected chi connectivity index (χ1v) is 5.91. The average molecular weight is 327 g/mol. The number of fused-ring (bicyclic) bond motifs is 3. The van der Waals surface area contributed by atoms with E-state index in [0.717, 1.165) is 31.0 Å². The molecule has 3 aromatic rings. The Kier molecular flexibility index (Phi) is 2.03. The molecule has 15 heavy (non-hydrogen) atoms. The zero-order chi connectivity index (χ0) is 10.4. The van der Waals surface area contributed by atoms with Crippen molar-refractivity contribution in [1.29, 1.82) is 0 Å². The topological polar surface area (TPSA) is 41.6 Å². The lowest BCUT2D eigenvalue weighted by Crippen LogP contribution is -1.75. The van der Waals surface area contributed by atoms with Crippen LogP contribution in [0.3, 0.4) is 0 Å². The highest BCUT2D eigenvalue weighted by Gasteiger charge is 2.05. The summed E-state index contributed by atoms with van der Waals surface area (Å²) < 4.78 is 1.65. The van der Waals surface area contributed by atoms with Crippen molar-refractivity contribution >= 4 is 53.7 Å². The minimum absolute atomic E-state index is 0.827. The van der Waals surface area contributed by atoms with Gasteiger partial charge in [-0.3, -0.25) is 0 Å². The molecule has 0 aliphatic carbocycles. The molecule has 0 amide bonds. The molecule has 1 N–H and O–H groups in total. The van der Waals surface area contributed by atoms with Gasteiger partial charge in [0.25, 0.3) is 0 Å². The minimum atomic E-state index is 0.827. The first kappa shape index (κ1) is 9.30. The summed E-state index contributed by atoms with van der Waals surface area (Å²) in [4.78, 5) is 11.7. The third kappa shape index (κ3) is 1.46. The Bertz CT molecular complexity index is 604. The lowest BCUT2D eigenvalue weighted by Gasteiger charge is -1.91. The van der Waals surface area contributed by atoms with E-state index in [4.69, 9.17) is 0 Å². The standard InChI is InChI=1S/C10H5Br2N3/c11-9-1-7-5(3-13-9)6-4-14-10(12)2-8(6)15-7/h1-4,15H. The molecular formula is C10H5Br2N3. The van der Waals surface area contributed by atoms with Crippen LogP contribution in [0.5, 0.6) is 0 Å². The molecular weight excluding hydrogens is 322 g/mol. The Hall–Kier alpha value is -0.940. The SMILES string of the molecule is Brc1cc2[nH]c3cc(Br)ncc3c2cn1. The van der Waals surface area contributed by atoms with E-state index in [1.54, 1.807) is 0 Å². The van der Waals surface area contributed by atoms with E-state index in [2.05, 4.69) is 46.8 Å². The van der Waals surface area contributed by atoms with Gasteiger partial charge in [-0.05, 0) is 44.0 Å². The quantitative estimate of drug-likeness (QED) is 0.641. The molecule has 0 aliphatic heterocycles. The number of H-pyrrole nitrogens is 1. The Morgan fingerprint density at radius 3 is 1.80 bits per heavy atom. The molecule has 0 bridgehead atoms. The van der Waals surface area contributed by atoms with Crippen LogP contribution in [0.25, 0.3) is 21.8 Å². The van der Waals surface area contributed by atoms with Crippen LogP contribution in [-0.2, 0) is 0 Å². The average Bonchev–Trinajstić information content (AvgIpc) is 2.53. The second-order valence-corrected chi connectivity index (χ2v) is 4.86. The Balaban J connectivity index is 2.51. The van der Waals surface area contributed by atoms with Gasteiger partial charge in [-0.15, -0.1) is 0 Å². The number of aromatic amines is 1.